The number of methoxy groups -OCH3 is 2. The van der Waals surface area contributed by atoms with Gasteiger partial charge in [0, 0.05) is 12.1 Å². The van der Waals surface area contributed by atoms with E-state index in [1.54, 1.807) is 0 Å². The van der Waals surface area contributed by atoms with Crippen LogP contribution in [-0.2, 0) is 14.3 Å². The number of hydrogen-bond acceptors (Lipinski definition) is 5. The number of ether oxygens (including phenoxy) is 2. The number of nitrogens with one attached hydrogen (secondary N) is 1. The zero-order valence-electron chi connectivity index (χ0n) is 21.3. The quantitative estimate of drug-likeness (QED) is 0.138. The minimum absolute atomic E-state index is 0.143. The Morgan fingerprint density at radius 3 is 1.68 bits per heavy atom. The first kappa shape index (κ1) is 29.4. The molecule has 0 fully saturated rings. The highest BCUT2D eigenvalue weighted by atomic mass is 16.5. The number of carbonyl (C=O) groups excluding carboxylic acids is 3. The first-order chi connectivity index (χ1) is 16.5. The lowest BCUT2D eigenvalue weighted by Crippen LogP contribution is -2.14. The number of amides is 1. The van der Waals surface area contributed by atoms with Crippen molar-refractivity contribution in [1.29, 1.82) is 0 Å². The molecule has 0 atom stereocenters. The number of benzene rings is 1. The number of hydrogen-bond donors (Lipinski definition) is 1. The fourth-order valence-corrected chi connectivity index (χ4v) is 3.75. The number of anilines is 1. The van der Waals surface area contributed by atoms with Crippen LogP contribution in [0.2, 0.25) is 0 Å². The van der Waals surface area contributed by atoms with Crippen LogP contribution in [-0.4, -0.2) is 32.1 Å². The number of allylic oxidation sites excluding steroid dienone is 2. The average Bonchev–Trinajstić information content (AvgIpc) is 2.85. The van der Waals surface area contributed by atoms with Crippen molar-refractivity contribution in [2.45, 2.75) is 96.8 Å². The summed E-state index contributed by atoms with van der Waals surface area (Å²) in [4.78, 5) is 36.0. The molecular formula is C28H43NO5. The van der Waals surface area contributed by atoms with E-state index in [1.165, 1.54) is 90.2 Å². The third-order valence-corrected chi connectivity index (χ3v) is 5.72. The Kier molecular flexibility index (Phi) is 16.2. The Morgan fingerprint density at radius 1 is 0.706 bits per heavy atom. The lowest BCUT2D eigenvalue weighted by Gasteiger charge is -2.09. The average molecular weight is 474 g/mol. The van der Waals surface area contributed by atoms with Gasteiger partial charge < -0.3 is 14.8 Å². The van der Waals surface area contributed by atoms with Gasteiger partial charge in [-0.05, 0) is 50.3 Å². The van der Waals surface area contributed by atoms with Crippen molar-refractivity contribution < 1.29 is 23.9 Å². The summed E-state index contributed by atoms with van der Waals surface area (Å²) in [7, 11) is 2.52. The Labute approximate surface area is 205 Å². The summed E-state index contributed by atoms with van der Waals surface area (Å²) in [6.45, 7) is 2.25. The summed E-state index contributed by atoms with van der Waals surface area (Å²) >= 11 is 0. The molecule has 0 saturated carbocycles. The normalized spacial score (nSPS) is 10.9. The predicted molar refractivity (Wildman–Crippen MR) is 137 cm³/mol. The van der Waals surface area contributed by atoms with Gasteiger partial charge in [0.1, 0.15) is 0 Å². The molecule has 0 saturated heterocycles. The van der Waals surface area contributed by atoms with E-state index in [2.05, 4.69) is 24.4 Å². The lowest BCUT2D eigenvalue weighted by molar-refractivity contribution is -0.116. The highest BCUT2D eigenvalue weighted by Gasteiger charge is 2.15. The standard InChI is InChI=1S/C28H43NO5/c1-4-5-6-7-8-9-10-11-12-13-14-15-16-17-18-19-26(30)29-25-21-23(27(31)33-2)20-24(22-25)28(32)34-3/h11-12,20-22H,4-10,13-19H2,1-3H3,(H,29,30)/b12-11-. The maximum Gasteiger partial charge on any atom is 0.337 e. The fourth-order valence-electron chi connectivity index (χ4n) is 3.75. The molecule has 6 nitrogen and oxygen atoms in total. The number of carbonyl (C=O) groups is 3. The summed E-state index contributed by atoms with van der Waals surface area (Å²) in [5.41, 5.74) is 0.740. The van der Waals surface area contributed by atoms with Crippen LogP contribution in [0.1, 0.15) is 118 Å². The molecule has 0 unspecified atom stereocenters. The molecule has 190 valence electrons. The van der Waals surface area contributed by atoms with Gasteiger partial charge in [-0.2, -0.15) is 0 Å². The molecule has 6 heteroatoms. The van der Waals surface area contributed by atoms with Crippen molar-refractivity contribution in [3.05, 3.63) is 41.5 Å². The summed E-state index contributed by atoms with van der Waals surface area (Å²) in [5, 5.41) is 2.77. The lowest BCUT2D eigenvalue weighted by atomic mass is 10.1. The van der Waals surface area contributed by atoms with Gasteiger partial charge in [-0.25, -0.2) is 9.59 Å². The van der Waals surface area contributed by atoms with Crippen LogP contribution in [0.5, 0.6) is 0 Å². The smallest absolute Gasteiger partial charge is 0.337 e. The van der Waals surface area contributed by atoms with Crippen LogP contribution in [0, 0.1) is 0 Å². The fraction of sp³-hybridized carbons (Fsp3) is 0.607. The monoisotopic (exact) mass is 473 g/mol. The van der Waals surface area contributed by atoms with Gasteiger partial charge >= 0.3 is 11.9 Å². The molecule has 34 heavy (non-hydrogen) atoms. The molecule has 0 heterocycles. The van der Waals surface area contributed by atoms with Crippen LogP contribution in [0.3, 0.4) is 0 Å². The second kappa shape index (κ2) is 18.8. The molecule has 1 N–H and O–H groups in total. The van der Waals surface area contributed by atoms with Gasteiger partial charge in [-0.3, -0.25) is 4.79 Å². The molecule has 1 aromatic carbocycles. The molecule has 0 radical (unpaired) electrons. The van der Waals surface area contributed by atoms with Crippen molar-refractivity contribution in [3.8, 4) is 0 Å². The zero-order chi connectivity index (χ0) is 25.0. The molecule has 0 aromatic heterocycles. The topological polar surface area (TPSA) is 81.7 Å². The summed E-state index contributed by atoms with van der Waals surface area (Å²) in [5.74, 6) is -1.31. The van der Waals surface area contributed by atoms with Gasteiger partial charge in [-0.15, -0.1) is 0 Å². The number of esters is 2. The Balaban J connectivity index is 2.20. The van der Waals surface area contributed by atoms with Crippen LogP contribution in [0.15, 0.2) is 30.4 Å². The van der Waals surface area contributed by atoms with Crippen LogP contribution < -0.4 is 5.32 Å². The molecule has 0 aliphatic rings. The van der Waals surface area contributed by atoms with E-state index in [4.69, 9.17) is 9.47 Å². The summed E-state index contributed by atoms with van der Waals surface area (Å²) in [6, 6.07) is 4.38. The van der Waals surface area contributed by atoms with E-state index < -0.39 is 11.9 Å². The van der Waals surface area contributed by atoms with E-state index >= 15 is 0 Å². The molecule has 0 aliphatic heterocycles. The minimum atomic E-state index is -0.585. The van der Waals surface area contributed by atoms with Gasteiger partial charge in [0.2, 0.25) is 5.91 Å². The molecule has 0 bridgehead atoms. The van der Waals surface area contributed by atoms with Gasteiger partial charge in [0.05, 0.1) is 25.3 Å². The van der Waals surface area contributed by atoms with E-state index in [0.29, 0.717) is 12.1 Å². The Hall–Kier alpha value is -2.63. The van der Waals surface area contributed by atoms with Gasteiger partial charge in [-0.1, -0.05) is 70.4 Å². The van der Waals surface area contributed by atoms with Crippen LogP contribution in [0.4, 0.5) is 5.69 Å². The first-order valence-corrected chi connectivity index (χ1v) is 12.8. The Bertz CT molecular complexity index is 738. The second-order valence-corrected chi connectivity index (χ2v) is 8.66. The van der Waals surface area contributed by atoms with Crippen molar-refractivity contribution in [1.82, 2.24) is 0 Å². The molecule has 0 spiro atoms. The van der Waals surface area contributed by atoms with Gasteiger partial charge in [0.25, 0.3) is 0 Å². The molecule has 0 aliphatic carbocycles. The summed E-state index contributed by atoms with van der Waals surface area (Å²) in [6.07, 6.45) is 20.7. The maximum atomic E-state index is 12.3. The third-order valence-electron chi connectivity index (χ3n) is 5.72. The van der Waals surface area contributed by atoms with E-state index in [1.807, 2.05) is 0 Å². The van der Waals surface area contributed by atoms with Crippen LogP contribution in [0.25, 0.3) is 0 Å². The predicted octanol–water partition coefficient (Wildman–Crippen LogP) is 7.24. The second-order valence-electron chi connectivity index (χ2n) is 8.66. The van der Waals surface area contributed by atoms with Crippen molar-refractivity contribution in [3.63, 3.8) is 0 Å². The SMILES string of the molecule is CCCCCCCC/C=C\CCCCCCCC(=O)Nc1cc(C(=O)OC)cc(C(=O)OC)c1. The largest absolute Gasteiger partial charge is 0.465 e. The molecule has 1 amide bonds. The molecule has 1 aromatic rings. The molecular weight excluding hydrogens is 430 g/mol. The van der Waals surface area contributed by atoms with Crippen molar-refractivity contribution >= 4 is 23.5 Å². The van der Waals surface area contributed by atoms with E-state index in [-0.39, 0.29) is 17.0 Å². The highest BCUT2D eigenvalue weighted by molar-refractivity contribution is 5.99. The number of unbranched alkanes of at least 4 members (excludes halogenated alkanes) is 11. The van der Waals surface area contributed by atoms with E-state index in [0.717, 1.165) is 25.7 Å². The summed E-state index contributed by atoms with van der Waals surface area (Å²) < 4.78 is 9.43. The Morgan fingerprint density at radius 2 is 1.18 bits per heavy atom. The number of rotatable bonds is 18. The minimum Gasteiger partial charge on any atom is -0.465 e. The third kappa shape index (κ3) is 13.2. The zero-order valence-corrected chi connectivity index (χ0v) is 21.3. The van der Waals surface area contributed by atoms with E-state index in [9.17, 15) is 14.4 Å². The maximum absolute atomic E-state index is 12.3. The molecule has 1 rings (SSSR count). The van der Waals surface area contributed by atoms with Crippen LogP contribution >= 0.6 is 0 Å². The van der Waals surface area contributed by atoms with Crippen molar-refractivity contribution in [2.75, 3.05) is 19.5 Å². The van der Waals surface area contributed by atoms with Gasteiger partial charge in [0.15, 0.2) is 0 Å². The highest BCUT2D eigenvalue weighted by Crippen LogP contribution is 2.18. The van der Waals surface area contributed by atoms with Crippen molar-refractivity contribution in [2.24, 2.45) is 0 Å². The first-order valence-electron chi connectivity index (χ1n) is 12.8.